The molecule has 0 radical (unpaired) electrons. The number of carbonyl (C=O) groups is 1. The molecule has 1 aromatic heterocycles. The molecule has 1 saturated heterocycles. The number of nitrogens with zero attached hydrogens (tertiary/aromatic N) is 6. The standard InChI is InChI=1S/C19H17ClN6O3/c20-15-3-6-17(18(11-15)26(28)29)23-7-9-24(10-8-23)19(27)14-1-4-16(5-2-14)25-13-21-12-22-25/h1-6,11-13H,7-10H2. The van der Waals surface area contributed by atoms with Gasteiger partial charge in [-0.15, -0.1) is 0 Å². The fraction of sp³-hybridized carbons (Fsp3) is 0.211. The average molecular weight is 413 g/mol. The Kier molecular flexibility index (Phi) is 5.13. The van der Waals surface area contributed by atoms with Crippen LogP contribution >= 0.6 is 11.6 Å². The SMILES string of the molecule is O=C(c1ccc(-n2cncn2)cc1)N1CCN(c2ccc(Cl)cc2[N+](=O)[O-])CC1. The summed E-state index contributed by atoms with van der Waals surface area (Å²) in [6, 6.07) is 11.8. The largest absolute Gasteiger partial charge is 0.362 e. The second kappa shape index (κ2) is 7.88. The van der Waals surface area contributed by atoms with E-state index in [-0.39, 0.29) is 11.6 Å². The lowest BCUT2D eigenvalue weighted by molar-refractivity contribution is -0.384. The summed E-state index contributed by atoms with van der Waals surface area (Å²) >= 11 is 5.89. The smallest absolute Gasteiger partial charge is 0.294 e. The van der Waals surface area contributed by atoms with Gasteiger partial charge in [-0.2, -0.15) is 5.10 Å². The first kappa shape index (κ1) is 18.9. The van der Waals surface area contributed by atoms with E-state index in [0.717, 1.165) is 5.69 Å². The highest BCUT2D eigenvalue weighted by atomic mass is 35.5. The Bertz CT molecular complexity index is 1030. The first-order chi connectivity index (χ1) is 14.0. The van der Waals surface area contributed by atoms with Crippen LogP contribution in [0.25, 0.3) is 5.69 Å². The maximum Gasteiger partial charge on any atom is 0.294 e. The molecule has 2 aromatic carbocycles. The van der Waals surface area contributed by atoms with Crippen LogP contribution in [0.5, 0.6) is 0 Å². The minimum atomic E-state index is -0.435. The fourth-order valence-electron chi connectivity index (χ4n) is 3.34. The van der Waals surface area contributed by atoms with Crippen LogP contribution in [0.3, 0.4) is 0 Å². The van der Waals surface area contributed by atoms with Gasteiger partial charge in [0.15, 0.2) is 0 Å². The van der Waals surface area contributed by atoms with E-state index < -0.39 is 4.92 Å². The summed E-state index contributed by atoms with van der Waals surface area (Å²) in [6.45, 7) is 1.96. The zero-order valence-electron chi connectivity index (χ0n) is 15.3. The monoisotopic (exact) mass is 412 g/mol. The van der Waals surface area contributed by atoms with Gasteiger partial charge in [0, 0.05) is 42.8 Å². The fourth-order valence-corrected chi connectivity index (χ4v) is 3.51. The third-order valence-electron chi connectivity index (χ3n) is 4.84. The zero-order valence-corrected chi connectivity index (χ0v) is 16.1. The number of rotatable bonds is 4. The molecular formula is C19H17ClN6O3. The molecule has 3 aromatic rings. The van der Waals surface area contributed by atoms with E-state index >= 15 is 0 Å². The van der Waals surface area contributed by atoms with Crippen LogP contribution in [-0.2, 0) is 0 Å². The van der Waals surface area contributed by atoms with Crippen molar-refractivity contribution in [3.63, 3.8) is 0 Å². The van der Waals surface area contributed by atoms with Crippen molar-refractivity contribution in [3.8, 4) is 5.69 Å². The summed E-state index contributed by atoms with van der Waals surface area (Å²) in [4.78, 5) is 31.3. The number of hydrogen-bond acceptors (Lipinski definition) is 6. The van der Waals surface area contributed by atoms with Gasteiger partial charge in [-0.1, -0.05) is 11.6 Å². The van der Waals surface area contributed by atoms with Gasteiger partial charge in [0.05, 0.1) is 10.6 Å². The molecule has 1 aliphatic heterocycles. The van der Waals surface area contributed by atoms with Gasteiger partial charge < -0.3 is 9.80 Å². The van der Waals surface area contributed by atoms with Gasteiger partial charge in [-0.05, 0) is 36.4 Å². The molecule has 2 heterocycles. The number of anilines is 1. The number of halogens is 1. The lowest BCUT2D eigenvalue weighted by atomic mass is 10.1. The van der Waals surface area contributed by atoms with E-state index in [0.29, 0.717) is 42.5 Å². The first-order valence-electron chi connectivity index (χ1n) is 8.96. The summed E-state index contributed by atoms with van der Waals surface area (Å²) in [5.74, 6) is -0.0691. The van der Waals surface area contributed by atoms with Gasteiger partial charge in [-0.25, -0.2) is 9.67 Å². The molecule has 0 N–H and O–H groups in total. The van der Waals surface area contributed by atoms with Crippen molar-refractivity contribution in [2.75, 3.05) is 31.1 Å². The molecular weight excluding hydrogens is 396 g/mol. The van der Waals surface area contributed by atoms with Gasteiger partial charge in [0.2, 0.25) is 0 Å². The number of benzene rings is 2. The molecule has 0 aliphatic carbocycles. The lowest BCUT2D eigenvalue weighted by Crippen LogP contribution is -2.49. The summed E-state index contributed by atoms with van der Waals surface area (Å²) in [7, 11) is 0. The Hall–Kier alpha value is -3.46. The molecule has 148 valence electrons. The van der Waals surface area contributed by atoms with Crippen LogP contribution in [0.1, 0.15) is 10.4 Å². The van der Waals surface area contributed by atoms with Gasteiger partial charge >= 0.3 is 0 Å². The van der Waals surface area contributed by atoms with Crippen molar-refractivity contribution < 1.29 is 9.72 Å². The minimum absolute atomic E-state index is 0.0269. The molecule has 9 nitrogen and oxygen atoms in total. The van der Waals surface area contributed by atoms with Crippen LogP contribution < -0.4 is 4.90 Å². The van der Waals surface area contributed by atoms with Crippen LogP contribution in [0, 0.1) is 10.1 Å². The number of amides is 1. The topological polar surface area (TPSA) is 97.4 Å². The maximum atomic E-state index is 12.8. The van der Waals surface area contributed by atoms with Crippen molar-refractivity contribution >= 4 is 28.9 Å². The molecule has 1 fully saturated rings. The Morgan fingerprint density at radius 1 is 1.07 bits per heavy atom. The van der Waals surface area contributed by atoms with E-state index in [9.17, 15) is 14.9 Å². The van der Waals surface area contributed by atoms with Gasteiger partial charge in [-0.3, -0.25) is 14.9 Å². The lowest BCUT2D eigenvalue weighted by Gasteiger charge is -2.35. The summed E-state index contributed by atoms with van der Waals surface area (Å²) in [5.41, 5.74) is 1.89. The van der Waals surface area contributed by atoms with E-state index in [2.05, 4.69) is 10.1 Å². The Morgan fingerprint density at radius 3 is 2.41 bits per heavy atom. The quantitative estimate of drug-likeness (QED) is 0.482. The number of nitro groups is 1. The van der Waals surface area contributed by atoms with Crippen molar-refractivity contribution in [1.82, 2.24) is 19.7 Å². The normalized spacial score (nSPS) is 14.1. The summed E-state index contributed by atoms with van der Waals surface area (Å²) in [6.07, 6.45) is 3.04. The third-order valence-corrected chi connectivity index (χ3v) is 5.07. The van der Waals surface area contributed by atoms with E-state index in [1.165, 1.54) is 12.4 Å². The molecule has 0 saturated carbocycles. The van der Waals surface area contributed by atoms with E-state index in [1.807, 2.05) is 17.0 Å². The molecule has 1 amide bonds. The number of piperazine rings is 1. The second-order valence-corrected chi connectivity index (χ2v) is 6.99. The number of aromatic nitrogens is 3. The molecule has 0 bridgehead atoms. The van der Waals surface area contributed by atoms with Crippen molar-refractivity contribution in [2.45, 2.75) is 0 Å². The van der Waals surface area contributed by atoms with Gasteiger partial charge in [0.1, 0.15) is 18.3 Å². The summed E-state index contributed by atoms with van der Waals surface area (Å²) < 4.78 is 1.62. The maximum absolute atomic E-state index is 12.8. The predicted molar refractivity (Wildman–Crippen MR) is 108 cm³/mol. The molecule has 0 spiro atoms. The highest BCUT2D eigenvalue weighted by molar-refractivity contribution is 6.30. The highest BCUT2D eigenvalue weighted by Gasteiger charge is 2.26. The average Bonchev–Trinajstić information content (AvgIpc) is 3.28. The van der Waals surface area contributed by atoms with E-state index in [1.54, 1.807) is 40.2 Å². The highest BCUT2D eigenvalue weighted by Crippen LogP contribution is 2.31. The van der Waals surface area contributed by atoms with Crippen LogP contribution in [-0.4, -0.2) is 56.7 Å². The minimum Gasteiger partial charge on any atom is -0.362 e. The molecule has 0 atom stereocenters. The number of nitro benzene ring substituents is 1. The third kappa shape index (κ3) is 3.90. The molecule has 0 unspecified atom stereocenters. The first-order valence-corrected chi connectivity index (χ1v) is 9.34. The van der Waals surface area contributed by atoms with Crippen LogP contribution in [0.4, 0.5) is 11.4 Å². The van der Waals surface area contributed by atoms with Crippen molar-refractivity contribution in [2.24, 2.45) is 0 Å². The Balaban J connectivity index is 1.43. The molecule has 29 heavy (non-hydrogen) atoms. The molecule has 1 aliphatic rings. The Labute approximate surface area is 171 Å². The van der Waals surface area contributed by atoms with Gasteiger partial charge in [0.25, 0.3) is 11.6 Å². The van der Waals surface area contributed by atoms with Crippen LogP contribution in [0.15, 0.2) is 55.1 Å². The number of carbonyl (C=O) groups excluding carboxylic acids is 1. The second-order valence-electron chi connectivity index (χ2n) is 6.56. The van der Waals surface area contributed by atoms with Crippen LogP contribution in [0.2, 0.25) is 5.02 Å². The summed E-state index contributed by atoms with van der Waals surface area (Å²) in [5, 5.41) is 15.7. The Morgan fingerprint density at radius 2 is 1.79 bits per heavy atom. The zero-order chi connectivity index (χ0) is 20.4. The predicted octanol–water partition coefficient (Wildman–Crippen LogP) is 2.79. The van der Waals surface area contributed by atoms with E-state index in [4.69, 9.17) is 11.6 Å². The molecule has 10 heteroatoms. The molecule has 4 rings (SSSR count). The van der Waals surface area contributed by atoms with Crippen molar-refractivity contribution in [1.29, 1.82) is 0 Å². The number of hydrogen-bond donors (Lipinski definition) is 0. The van der Waals surface area contributed by atoms with Crippen molar-refractivity contribution in [3.05, 3.63) is 75.8 Å².